The van der Waals surface area contributed by atoms with Crippen molar-refractivity contribution >= 4 is 33.6 Å². The summed E-state index contributed by atoms with van der Waals surface area (Å²) in [6.45, 7) is 5.07. The van der Waals surface area contributed by atoms with E-state index >= 15 is 0 Å². The molecule has 0 bridgehead atoms. The molecular weight excluding hydrogens is 711 g/mol. The Morgan fingerprint density at radius 2 is 1.66 bits per heavy atom. The van der Waals surface area contributed by atoms with Gasteiger partial charge >= 0.3 is 12.2 Å². The van der Waals surface area contributed by atoms with Crippen LogP contribution >= 0.6 is 15.9 Å². The maximum atomic E-state index is 14.5. The highest BCUT2D eigenvalue weighted by molar-refractivity contribution is 9.10. The summed E-state index contributed by atoms with van der Waals surface area (Å²) >= 11 is 3.43. The van der Waals surface area contributed by atoms with Crippen molar-refractivity contribution in [2.75, 3.05) is 58.3 Å². The third-order valence-electron chi connectivity index (χ3n) is 9.28. The van der Waals surface area contributed by atoms with E-state index in [2.05, 4.69) is 36.1 Å². The van der Waals surface area contributed by atoms with E-state index in [1.165, 1.54) is 17.0 Å². The first-order valence-electron chi connectivity index (χ1n) is 16.8. The van der Waals surface area contributed by atoms with Gasteiger partial charge in [0.1, 0.15) is 5.75 Å². The van der Waals surface area contributed by atoms with E-state index in [-0.39, 0.29) is 18.1 Å². The highest BCUT2D eigenvalue weighted by atomic mass is 79.9. The Morgan fingerprint density at radius 3 is 2.32 bits per heavy atom. The van der Waals surface area contributed by atoms with Crippen LogP contribution < -0.4 is 9.64 Å². The summed E-state index contributed by atoms with van der Waals surface area (Å²) in [6.07, 6.45) is -1.36. The number of rotatable bonds is 14. The first-order valence-corrected chi connectivity index (χ1v) is 17.6. The fourth-order valence-electron chi connectivity index (χ4n) is 6.59. The standard InChI is InChI=1S/C38H42BrF3N5O3/c1-4-44-26-33-34(36(44)48)35(28-14-12-27(25-43)13-15-28)45(37(49)46(33)31-11-8-10-29(24-31)38(40,41)42)20-6-5-7-21-47(2,3)22-9-23-50-32-18-16-30(39)17-19-32/h8,10-19,24,35H,4-7,9,20-23,26H2,1-3H3/q+1/t35-/m1/s1. The van der Waals surface area contributed by atoms with Crippen molar-refractivity contribution in [2.24, 2.45) is 0 Å². The molecule has 0 spiro atoms. The van der Waals surface area contributed by atoms with Crippen LogP contribution in [0.4, 0.5) is 23.7 Å². The number of amides is 3. The monoisotopic (exact) mass is 752 g/mol. The van der Waals surface area contributed by atoms with E-state index < -0.39 is 23.8 Å². The van der Waals surface area contributed by atoms with Crippen LogP contribution in [-0.2, 0) is 11.0 Å². The number of halogens is 4. The number of anilines is 1. The van der Waals surface area contributed by atoms with Gasteiger partial charge in [0.25, 0.3) is 5.91 Å². The minimum atomic E-state index is -4.60. The van der Waals surface area contributed by atoms with Crippen LogP contribution in [0.5, 0.6) is 5.75 Å². The molecule has 0 unspecified atom stereocenters. The topological polar surface area (TPSA) is 76.9 Å². The Bertz CT molecular complexity index is 1750. The minimum absolute atomic E-state index is 0.0644. The molecule has 3 amide bonds. The van der Waals surface area contributed by atoms with E-state index in [4.69, 9.17) is 4.74 Å². The number of likely N-dealkylation sites (N-methyl/N-ethyl adjacent to an activating group) is 1. The van der Waals surface area contributed by atoms with Gasteiger partial charge in [-0.2, -0.15) is 18.4 Å². The molecule has 3 aromatic rings. The second-order valence-corrected chi connectivity index (χ2v) is 14.2. The van der Waals surface area contributed by atoms with Crippen molar-refractivity contribution in [1.29, 1.82) is 5.26 Å². The Labute approximate surface area is 300 Å². The summed E-state index contributed by atoms with van der Waals surface area (Å²) in [5.41, 5.74) is 1.06. The number of alkyl halides is 3. The highest BCUT2D eigenvalue weighted by Gasteiger charge is 2.48. The number of nitrogens with zero attached hydrogens (tertiary/aromatic N) is 5. The zero-order valence-electron chi connectivity index (χ0n) is 28.5. The molecule has 2 heterocycles. The van der Waals surface area contributed by atoms with E-state index in [9.17, 15) is 28.0 Å². The predicted octanol–water partition coefficient (Wildman–Crippen LogP) is 8.15. The summed E-state index contributed by atoms with van der Waals surface area (Å²) in [7, 11) is 4.36. The van der Waals surface area contributed by atoms with Gasteiger partial charge in [-0.05, 0) is 86.3 Å². The van der Waals surface area contributed by atoms with Crippen molar-refractivity contribution in [1.82, 2.24) is 9.80 Å². The van der Waals surface area contributed by atoms with Gasteiger partial charge in [0, 0.05) is 24.0 Å². The van der Waals surface area contributed by atoms with Gasteiger partial charge in [0.15, 0.2) is 0 Å². The van der Waals surface area contributed by atoms with Crippen LogP contribution in [0.1, 0.15) is 55.3 Å². The molecule has 50 heavy (non-hydrogen) atoms. The molecule has 0 fully saturated rings. The van der Waals surface area contributed by atoms with Gasteiger partial charge in [-0.1, -0.05) is 34.1 Å². The van der Waals surface area contributed by atoms with Gasteiger partial charge in [-0.25, -0.2) is 4.79 Å². The van der Waals surface area contributed by atoms with Crippen LogP contribution in [0.25, 0.3) is 0 Å². The van der Waals surface area contributed by atoms with Crippen LogP contribution in [0.2, 0.25) is 0 Å². The number of urea groups is 1. The normalized spacial score (nSPS) is 16.6. The average molecular weight is 754 g/mol. The SMILES string of the molecule is CCN1CC2=C(C1=O)[C@@H](c1ccc(C#N)cc1)N(CCCCC[N+](C)(C)CCCOc1ccc(Br)cc1)C(=O)N2c1cccc(C(F)(F)F)c1. The summed E-state index contributed by atoms with van der Waals surface area (Å²) in [4.78, 5) is 32.8. The maximum absolute atomic E-state index is 14.5. The Balaban J connectivity index is 1.33. The zero-order chi connectivity index (χ0) is 36.1. The van der Waals surface area contributed by atoms with Gasteiger partial charge < -0.3 is 19.0 Å². The summed E-state index contributed by atoms with van der Waals surface area (Å²) in [5, 5.41) is 9.39. The third-order valence-corrected chi connectivity index (χ3v) is 9.81. The number of ether oxygens (including phenoxy) is 1. The van der Waals surface area contributed by atoms with Crippen LogP contribution in [0.3, 0.4) is 0 Å². The van der Waals surface area contributed by atoms with Gasteiger partial charge in [-0.15, -0.1) is 0 Å². The molecular formula is C38H42BrF3N5O3+. The zero-order valence-corrected chi connectivity index (χ0v) is 30.1. The first-order chi connectivity index (χ1) is 23.8. The van der Waals surface area contributed by atoms with Crippen molar-refractivity contribution < 1.29 is 32.0 Å². The Morgan fingerprint density at radius 1 is 0.960 bits per heavy atom. The van der Waals surface area contributed by atoms with Crippen LogP contribution in [-0.4, -0.2) is 79.6 Å². The van der Waals surface area contributed by atoms with Gasteiger partial charge in [0.2, 0.25) is 0 Å². The molecule has 8 nitrogen and oxygen atoms in total. The van der Waals surface area contributed by atoms with Crippen molar-refractivity contribution in [3.05, 3.63) is 105 Å². The molecule has 0 N–H and O–H groups in total. The first kappa shape index (κ1) is 36.9. The minimum Gasteiger partial charge on any atom is -0.493 e. The average Bonchev–Trinajstić information content (AvgIpc) is 3.42. The lowest BCUT2D eigenvalue weighted by molar-refractivity contribution is -0.890. The maximum Gasteiger partial charge on any atom is 0.416 e. The molecule has 2 aliphatic heterocycles. The lowest BCUT2D eigenvalue weighted by Crippen LogP contribution is -2.50. The number of carbonyl (C=O) groups excluding carboxylic acids is 2. The fraction of sp³-hybridized carbons (Fsp3) is 0.395. The quantitative estimate of drug-likeness (QED) is 0.123. The number of nitriles is 1. The largest absolute Gasteiger partial charge is 0.493 e. The number of hydrogen-bond donors (Lipinski definition) is 0. The Hall–Kier alpha value is -4.34. The second-order valence-electron chi connectivity index (χ2n) is 13.3. The van der Waals surface area contributed by atoms with E-state index in [1.54, 1.807) is 34.1 Å². The van der Waals surface area contributed by atoms with Crippen molar-refractivity contribution in [3.8, 4) is 11.8 Å². The Kier molecular flexibility index (Phi) is 11.6. The third kappa shape index (κ3) is 8.50. The smallest absolute Gasteiger partial charge is 0.416 e. The molecule has 0 radical (unpaired) electrons. The lowest BCUT2D eigenvalue weighted by atomic mass is 9.92. The van der Waals surface area contributed by atoms with Gasteiger partial charge in [-0.3, -0.25) is 9.69 Å². The fourth-order valence-corrected chi connectivity index (χ4v) is 6.85. The summed E-state index contributed by atoms with van der Waals surface area (Å²) in [5.74, 6) is 0.579. The van der Waals surface area contributed by atoms with E-state index in [1.807, 2.05) is 31.2 Å². The predicted molar refractivity (Wildman–Crippen MR) is 189 cm³/mol. The molecule has 3 aromatic carbocycles. The number of carbonyl (C=O) groups is 2. The summed E-state index contributed by atoms with van der Waals surface area (Å²) in [6, 6.07) is 20.1. The molecule has 2 aliphatic rings. The number of hydrogen-bond acceptors (Lipinski definition) is 4. The summed E-state index contributed by atoms with van der Waals surface area (Å²) < 4.78 is 49.0. The molecule has 264 valence electrons. The van der Waals surface area contributed by atoms with Crippen molar-refractivity contribution in [3.63, 3.8) is 0 Å². The van der Waals surface area contributed by atoms with E-state index in [0.29, 0.717) is 48.5 Å². The van der Waals surface area contributed by atoms with Crippen molar-refractivity contribution in [2.45, 2.75) is 44.8 Å². The van der Waals surface area contributed by atoms with Crippen LogP contribution in [0.15, 0.2) is 88.5 Å². The van der Waals surface area contributed by atoms with E-state index in [0.717, 1.165) is 59.2 Å². The molecule has 5 rings (SSSR count). The molecule has 0 aliphatic carbocycles. The second kappa shape index (κ2) is 15.7. The molecule has 0 saturated carbocycles. The molecule has 0 aromatic heterocycles. The molecule has 1 atom stereocenters. The van der Waals surface area contributed by atoms with Gasteiger partial charge in [0.05, 0.1) is 80.5 Å². The molecule has 0 saturated heterocycles. The lowest BCUT2D eigenvalue weighted by Gasteiger charge is -2.42. The number of unbranched alkanes of at least 4 members (excludes halogenated alkanes) is 2. The number of benzene rings is 3. The number of quaternary nitrogens is 1. The highest BCUT2D eigenvalue weighted by Crippen LogP contribution is 2.44. The van der Waals surface area contributed by atoms with Crippen LogP contribution in [0, 0.1) is 11.3 Å². The molecule has 12 heteroatoms.